The minimum Gasteiger partial charge on any atom is -0.456 e. The van der Waals surface area contributed by atoms with Gasteiger partial charge in [-0.3, -0.25) is 4.98 Å². The first kappa shape index (κ1) is 32.8. The fourth-order valence-corrected chi connectivity index (χ4v) is 7.99. The predicted octanol–water partition coefficient (Wildman–Crippen LogP) is 14.0. The second-order valence-corrected chi connectivity index (χ2v) is 14.5. The van der Waals surface area contributed by atoms with Gasteiger partial charge < -0.3 is 8.83 Å². The van der Waals surface area contributed by atoms with Crippen LogP contribution in [0.2, 0.25) is 0 Å². The van der Waals surface area contributed by atoms with Crippen LogP contribution < -0.4 is 0 Å². The van der Waals surface area contributed by atoms with Gasteiger partial charge >= 0.3 is 0 Å². The van der Waals surface area contributed by atoms with E-state index in [9.17, 15) is 0 Å². The van der Waals surface area contributed by atoms with Gasteiger partial charge in [0.2, 0.25) is 0 Å². The molecule has 0 saturated heterocycles. The van der Waals surface area contributed by atoms with Crippen LogP contribution in [-0.4, -0.2) is 15.0 Å². The Morgan fingerprint density at radius 3 is 1.54 bits per heavy atom. The zero-order chi connectivity index (χ0) is 37.9. The van der Waals surface area contributed by atoms with Crippen molar-refractivity contribution in [1.29, 1.82) is 0 Å². The van der Waals surface area contributed by atoms with E-state index in [-0.39, 0.29) is 0 Å². The Labute approximate surface area is 328 Å². The second kappa shape index (κ2) is 13.3. The maximum absolute atomic E-state index is 6.22. The van der Waals surface area contributed by atoms with E-state index < -0.39 is 0 Å². The number of para-hydroxylation sites is 2. The first-order valence-electron chi connectivity index (χ1n) is 19.1. The average Bonchev–Trinajstić information content (AvgIpc) is 3.84. The first-order valence-corrected chi connectivity index (χ1v) is 19.1. The molecule has 0 fully saturated rings. The van der Waals surface area contributed by atoms with Crippen molar-refractivity contribution in [3.8, 4) is 67.3 Å². The Morgan fingerprint density at radius 1 is 0.368 bits per heavy atom. The summed E-state index contributed by atoms with van der Waals surface area (Å²) >= 11 is 0. The van der Waals surface area contributed by atoms with Crippen LogP contribution >= 0.6 is 0 Å². The van der Waals surface area contributed by atoms with Gasteiger partial charge in [-0.2, -0.15) is 0 Å². The molecule has 0 unspecified atom stereocenters. The molecule has 0 saturated carbocycles. The van der Waals surface area contributed by atoms with Crippen LogP contribution in [0.1, 0.15) is 5.56 Å². The largest absolute Gasteiger partial charge is 0.456 e. The number of aryl methyl sites for hydroxylation is 1. The number of furan rings is 2. The lowest BCUT2D eigenvalue weighted by atomic mass is 9.93. The third kappa shape index (κ3) is 5.85. The minimum absolute atomic E-state index is 0.660. The molecule has 0 aliphatic rings. The van der Waals surface area contributed by atoms with E-state index in [1.165, 1.54) is 0 Å². The average molecular weight is 732 g/mol. The van der Waals surface area contributed by atoms with Gasteiger partial charge in [-0.25, -0.2) is 9.97 Å². The summed E-state index contributed by atoms with van der Waals surface area (Å²) < 4.78 is 12.4. The number of fused-ring (bicyclic) bond motifs is 6. The molecule has 0 spiro atoms. The van der Waals surface area contributed by atoms with Crippen molar-refractivity contribution < 1.29 is 8.83 Å². The number of benzene rings is 7. The van der Waals surface area contributed by atoms with E-state index in [0.717, 1.165) is 111 Å². The summed E-state index contributed by atoms with van der Waals surface area (Å²) in [6.45, 7) is 2.13. The zero-order valence-electron chi connectivity index (χ0n) is 31.0. The van der Waals surface area contributed by atoms with Crippen LogP contribution in [-0.2, 0) is 0 Å². The Balaban J connectivity index is 1.12. The quantitative estimate of drug-likeness (QED) is 0.170. The van der Waals surface area contributed by atoms with Crippen LogP contribution in [0.5, 0.6) is 0 Å². The highest BCUT2D eigenvalue weighted by Crippen LogP contribution is 2.39. The van der Waals surface area contributed by atoms with Crippen molar-refractivity contribution in [3.63, 3.8) is 0 Å². The van der Waals surface area contributed by atoms with Crippen LogP contribution in [0.15, 0.2) is 191 Å². The molecule has 0 atom stereocenters. The molecular formula is C52H33N3O2. The molecule has 7 aromatic carbocycles. The number of hydrogen-bond acceptors (Lipinski definition) is 5. The van der Waals surface area contributed by atoms with Crippen molar-refractivity contribution in [2.45, 2.75) is 6.92 Å². The van der Waals surface area contributed by atoms with Gasteiger partial charge in [-0.05, 0) is 113 Å². The zero-order valence-corrected chi connectivity index (χ0v) is 31.0. The lowest BCUT2D eigenvalue weighted by Gasteiger charge is -2.14. The molecule has 57 heavy (non-hydrogen) atoms. The summed E-state index contributed by atoms with van der Waals surface area (Å²) in [5, 5.41) is 4.37. The van der Waals surface area contributed by atoms with Crippen LogP contribution in [0.25, 0.3) is 111 Å². The molecule has 5 nitrogen and oxygen atoms in total. The van der Waals surface area contributed by atoms with Gasteiger partial charge in [-0.15, -0.1) is 0 Å². The summed E-state index contributed by atoms with van der Waals surface area (Å²) in [5.74, 6) is 0.660. The molecule has 5 heteroatoms. The summed E-state index contributed by atoms with van der Waals surface area (Å²) in [4.78, 5) is 14.8. The Hall–Kier alpha value is -7.63. The van der Waals surface area contributed by atoms with E-state index in [0.29, 0.717) is 5.82 Å². The number of nitrogens with zero attached hydrogens (tertiary/aromatic N) is 3. The van der Waals surface area contributed by atoms with E-state index in [1.54, 1.807) is 6.20 Å². The van der Waals surface area contributed by atoms with Gasteiger partial charge in [0.15, 0.2) is 5.82 Å². The van der Waals surface area contributed by atoms with Crippen molar-refractivity contribution in [2.24, 2.45) is 0 Å². The standard InChI is InChI=1S/C52H33N3O2/c1-32-9-2-3-11-41(32)47-30-46(54-52(55-47)34-18-16-33(17-19-34)37-10-8-24-53-31-37)40-26-38(35-20-22-50-44(28-35)42-12-4-6-14-48(42)56-50)25-39(27-40)36-21-23-51-45(29-36)43-13-5-7-15-49(43)57-51/h2-31H,1H3. The second-order valence-electron chi connectivity index (χ2n) is 14.5. The molecule has 11 rings (SSSR count). The molecule has 0 bridgehead atoms. The molecule has 0 aliphatic carbocycles. The maximum atomic E-state index is 6.22. The lowest BCUT2D eigenvalue weighted by Crippen LogP contribution is -1.97. The Kier molecular flexibility index (Phi) is 7.64. The molecule has 4 heterocycles. The van der Waals surface area contributed by atoms with Gasteiger partial charge in [0.05, 0.1) is 11.4 Å². The summed E-state index contributed by atoms with van der Waals surface area (Å²) in [6, 6.07) is 59.1. The van der Waals surface area contributed by atoms with Crippen LogP contribution in [0.4, 0.5) is 0 Å². The number of rotatable bonds is 6. The molecule has 0 amide bonds. The summed E-state index contributed by atoms with van der Waals surface area (Å²) in [6.07, 6.45) is 3.67. The summed E-state index contributed by atoms with van der Waals surface area (Å²) in [7, 11) is 0. The molecule has 268 valence electrons. The summed E-state index contributed by atoms with van der Waals surface area (Å²) in [5.41, 5.74) is 15.8. The van der Waals surface area contributed by atoms with E-state index in [4.69, 9.17) is 18.8 Å². The SMILES string of the molecule is Cc1ccccc1-c1cc(-c2cc(-c3ccc4oc5ccccc5c4c3)cc(-c3ccc4oc5ccccc5c4c3)c2)nc(-c2ccc(-c3cccnc3)cc2)n1. The Morgan fingerprint density at radius 2 is 0.912 bits per heavy atom. The first-order chi connectivity index (χ1) is 28.1. The van der Waals surface area contributed by atoms with Gasteiger partial charge in [0, 0.05) is 50.6 Å². The van der Waals surface area contributed by atoms with Gasteiger partial charge in [0.1, 0.15) is 22.3 Å². The monoisotopic (exact) mass is 731 g/mol. The molecule has 11 aromatic rings. The predicted molar refractivity (Wildman–Crippen MR) is 232 cm³/mol. The highest BCUT2D eigenvalue weighted by molar-refractivity contribution is 6.07. The third-order valence-corrected chi connectivity index (χ3v) is 10.9. The molecular weight excluding hydrogens is 699 g/mol. The normalized spacial score (nSPS) is 11.6. The van der Waals surface area contributed by atoms with Crippen molar-refractivity contribution in [3.05, 3.63) is 188 Å². The highest BCUT2D eigenvalue weighted by atomic mass is 16.3. The molecule has 4 aromatic heterocycles. The Bertz CT molecular complexity index is 3170. The van der Waals surface area contributed by atoms with Gasteiger partial charge in [0.25, 0.3) is 0 Å². The fraction of sp³-hybridized carbons (Fsp3) is 0.0192. The fourth-order valence-electron chi connectivity index (χ4n) is 7.99. The topological polar surface area (TPSA) is 65.0 Å². The van der Waals surface area contributed by atoms with Crippen molar-refractivity contribution >= 4 is 43.9 Å². The maximum Gasteiger partial charge on any atom is 0.160 e. The minimum atomic E-state index is 0.660. The molecule has 0 radical (unpaired) electrons. The molecule has 0 aliphatic heterocycles. The van der Waals surface area contributed by atoms with Crippen molar-refractivity contribution in [2.75, 3.05) is 0 Å². The number of hydrogen-bond donors (Lipinski definition) is 0. The van der Waals surface area contributed by atoms with E-state index in [1.807, 2.05) is 36.5 Å². The smallest absolute Gasteiger partial charge is 0.160 e. The van der Waals surface area contributed by atoms with Crippen molar-refractivity contribution in [1.82, 2.24) is 15.0 Å². The number of pyridine rings is 1. The van der Waals surface area contributed by atoms with Gasteiger partial charge in [-0.1, -0.05) is 103 Å². The molecule has 0 N–H and O–H groups in total. The number of aromatic nitrogens is 3. The van der Waals surface area contributed by atoms with Crippen LogP contribution in [0, 0.1) is 6.92 Å². The van der Waals surface area contributed by atoms with E-state index in [2.05, 4.69) is 151 Å². The lowest BCUT2D eigenvalue weighted by molar-refractivity contribution is 0.668. The highest BCUT2D eigenvalue weighted by Gasteiger charge is 2.17. The third-order valence-electron chi connectivity index (χ3n) is 10.9. The van der Waals surface area contributed by atoms with Crippen LogP contribution in [0.3, 0.4) is 0 Å². The van der Waals surface area contributed by atoms with E-state index >= 15 is 0 Å².